The van der Waals surface area contributed by atoms with E-state index in [0.717, 1.165) is 0 Å². The Hall–Kier alpha value is -1.16. The zero-order valence-corrected chi connectivity index (χ0v) is 8.01. The molecule has 0 radical (unpaired) electrons. The highest BCUT2D eigenvalue weighted by atomic mass is 16.3. The molecular weight excluding hydrogens is 166 g/mol. The smallest absolute Gasteiger partial charge is 0.225 e. The van der Waals surface area contributed by atoms with Gasteiger partial charge in [0.25, 0.3) is 0 Å². The minimum atomic E-state index is 0.121. The molecule has 0 aliphatic carbocycles. The average molecular weight is 181 g/mol. The number of hydrogen-bond donors (Lipinski definition) is 1. The lowest BCUT2D eigenvalue weighted by molar-refractivity contribution is 0.298. The van der Waals surface area contributed by atoms with E-state index in [1.54, 1.807) is 18.5 Å². The number of aromatic nitrogens is 2. The van der Waals surface area contributed by atoms with E-state index >= 15 is 0 Å². The van der Waals surface area contributed by atoms with E-state index in [1.807, 2.05) is 18.7 Å². The number of anilines is 1. The van der Waals surface area contributed by atoms with Crippen LogP contribution in [0.5, 0.6) is 0 Å². The Morgan fingerprint density at radius 1 is 1.38 bits per heavy atom. The molecule has 0 aromatic carbocycles. The van der Waals surface area contributed by atoms with Gasteiger partial charge in [-0.05, 0) is 19.9 Å². The molecule has 1 N–H and O–H groups in total. The van der Waals surface area contributed by atoms with Gasteiger partial charge in [-0.25, -0.2) is 9.97 Å². The summed E-state index contributed by atoms with van der Waals surface area (Å²) in [6, 6.07) is 2.08. The summed E-state index contributed by atoms with van der Waals surface area (Å²) in [6.45, 7) is 4.79. The Kier molecular flexibility index (Phi) is 3.64. The predicted molar refractivity (Wildman–Crippen MR) is 51.6 cm³/mol. The standard InChI is InChI=1S/C9H15N3O/c1-8(2)12(6-7-13)9-10-4-3-5-11-9/h3-5,8,13H,6-7H2,1-2H3. The van der Waals surface area contributed by atoms with Crippen LogP contribution in [0.3, 0.4) is 0 Å². The maximum atomic E-state index is 8.85. The molecule has 0 aliphatic heterocycles. The maximum Gasteiger partial charge on any atom is 0.225 e. The van der Waals surface area contributed by atoms with Gasteiger partial charge in [0.2, 0.25) is 5.95 Å². The molecule has 1 aromatic rings. The van der Waals surface area contributed by atoms with Gasteiger partial charge in [0.05, 0.1) is 6.61 Å². The molecule has 0 amide bonds. The normalized spacial score (nSPS) is 10.5. The molecule has 0 saturated carbocycles. The maximum absolute atomic E-state index is 8.85. The van der Waals surface area contributed by atoms with Crippen molar-refractivity contribution >= 4 is 5.95 Å². The van der Waals surface area contributed by atoms with Crippen molar-refractivity contribution in [3.05, 3.63) is 18.5 Å². The average Bonchev–Trinajstić information content (AvgIpc) is 2.15. The fourth-order valence-electron chi connectivity index (χ4n) is 1.14. The van der Waals surface area contributed by atoms with Crippen LogP contribution in [0.2, 0.25) is 0 Å². The highest BCUT2D eigenvalue weighted by Crippen LogP contribution is 2.08. The van der Waals surface area contributed by atoms with Gasteiger partial charge in [-0.1, -0.05) is 0 Å². The Morgan fingerprint density at radius 3 is 2.46 bits per heavy atom. The second kappa shape index (κ2) is 4.77. The van der Waals surface area contributed by atoms with Gasteiger partial charge in [-0.2, -0.15) is 0 Å². The summed E-state index contributed by atoms with van der Waals surface area (Å²) >= 11 is 0. The third-order valence-electron chi connectivity index (χ3n) is 1.77. The molecule has 4 nitrogen and oxygen atoms in total. The van der Waals surface area contributed by atoms with E-state index in [4.69, 9.17) is 5.11 Å². The van der Waals surface area contributed by atoms with Crippen LogP contribution in [0.15, 0.2) is 18.5 Å². The van der Waals surface area contributed by atoms with E-state index in [9.17, 15) is 0 Å². The second-order valence-electron chi connectivity index (χ2n) is 3.06. The molecule has 4 heteroatoms. The van der Waals surface area contributed by atoms with Crippen molar-refractivity contribution in [2.24, 2.45) is 0 Å². The molecular formula is C9H15N3O. The molecule has 0 atom stereocenters. The van der Waals surface area contributed by atoms with Gasteiger partial charge in [-0.15, -0.1) is 0 Å². The summed E-state index contributed by atoms with van der Waals surface area (Å²) in [5, 5.41) is 8.85. The van der Waals surface area contributed by atoms with Gasteiger partial charge in [0.15, 0.2) is 0 Å². The van der Waals surface area contributed by atoms with Crippen LogP contribution in [0.25, 0.3) is 0 Å². The van der Waals surface area contributed by atoms with Crippen LogP contribution in [-0.4, -0.2) is 34.3 Å². The first-order valence-corrected chi connectivity index (χ1v) is 4.40. The van der Waals surface area contributed by atoms with Gasteiger partial charge in [0.1, 0.15) is 0 Å². The van der Waals surface area contributed by atoms with Crippen LogP contribution in [0.1, 0.15) is 13.8 Å². The van der Waals surface area contributed by atoms with Crippen molar-refractivity contribution in [3.8, 4) is 0 Å². The first-order chi connectivity index (χ1) is 6.25. The fraction of sp³-hybridized carbons (Fsp3) is 0.556. The minimum absolute atomic E-state index is 0.121. The Morgan fingerprint density at radius 2 is 2.00 bits per heavy atom. The summed E-state index contributed by atoms with van der Waals surface area (Å²) in [7, 11) is 0. The monoisotopic (exact) mass is 181 g/mol. The molecule has 1 heterocycles. The van der Waals surface area contributed by atoms with Crippen molar-refractivity contribution < 1.29 is 5.11 Å². The molecule has 1 aromatic heterocycles. The number of aliphatic hydroxyl groups excluding tert-OH is 1. The van der Waals surface area contributed by atoms with E-state index in [0.29, 0.717) is 18.5 Å². The van der Waals surface area contributed by atoms with Gasteiger partial charge < -0.3 is 10.0 Å². The van der Waals surface area contributed by atoms with Crippen molar-refractivity contribution in [2.45, 2.75) is 19.9 Å². The molecule has 1 rings (SSSR count). The highest BCUT2D eigenvalue weighted by Gasteiger charge is 2.11. The summed E-state index contributed by atoms with van der Waals surface area (Å²) in [5.74, 6) is 0.673. The first kappa shape index (κ1) is 9.92. The van der Waals surface area contributed by atoms with Gasteiger partial charge >= 0.3 is 0 Å². The lowest BCUT2D eigenvalue weighted by Gasteiger charge is -2.25. The molecule has 13 heavy (non-hydrogen) atoms. The zero-order valence-electron chi connectivity index (χ0n) is 8.01. The molecule has 72 valence electrons. The SMILES string of the molecule is CC(C)N(CCO)c1ncccn1. The van der Waals surface area contributed by atoms with Crippen LogP contribution in [-0.2, 0) is 0 Å². The van der Waals surface area contributed by atoms with Crippen LogP contribution in [0.4, 0.5) is 5.95 Å². The number of nitrogens with zero attached hydrogens (tertiary/aromatic N) is 3. The highest BCUT2D eigenvalue weighted by molar-refractivity contribution is 5.29. The van der Waals surface area contributed by atoms with E-state index in [2.05, 4.69) is 9.97 Å². The number of aliphatic hydroxyl groups is 1. The topological polar surface area (TPSA) is 49.2 Å². The Bertz CT molecular complexity index is 238. The molecule has 0 spiro atoms. The van der Waals surface area contributed by atoms with Gasteiger partial charge in [0, 0.05) is 25.0 Å². The first-order valence-electron chi connectivity index (χ1n) is 4.40. The molecule has 0 unspecified atom stereocenters. The van der Waals surface area contributed by atoms with Crippen molar-refractivity contribution in [2.75, 3.05) is 18.1 Å². The quantitative estimate of drug-likeness (QED) is 0.742. The van der Waals surface area contributed by atoms with Crippen LogP contribution < -0.4 is 4.90 Å². The minimum Gasteiger partial charge on any atom is -0.395 e. The van der Waals surface area contributed by atoms with E-state index in [-0.39, 0.29) is 6.61 Å². The lowest BCUT2D eigenvalue weighted by atomic mass is 10.3. The van der Waals surface area contributed by atoms with Crippen molar-refractivity contribution in [3.63, 3.8) is 0 Å². The largest absolute Gasteiger partial charge is 0.395 e. The molecule has 0 saturated heterocycles. The van der Waals surface area contributed by atoms with Crippen LogP contribution in [0, 0.1) is 0 Å². The van der Waals surface area contributed by atoms with Gasteiger partial charge in [-0.3, -0.25) is 0 Å². The van der Waals surface area contributed by atoms with Crippen LogP contribution >= 0.6 is 0 Å². The molecule has 0 bridgehead atoms. The Labute approximate surface area is 78.2 Å². The van der Waals surface area contributed by atoms with E-state index < -0.39 is 0 Å². The zero-order chi connectivity index (χ0) is 9.68. The third kappa shape index (κ3) is 2.66. The molecule has 0 aliphatic rings. The summed E-state index contributed by atoms with van der Waals surface area (Å²) in [4.78, 5) is 10.2. The fourth-order valence-corrected chi connectivity index (χ4v) is 1.14. The lowest BCUT2D eigenvalue weighted by Crippen LogP contribution is -2.34. The molecule has 0 fully saturated rings. The predicted octanol–water partition coefficient (Wildman–Crippen LogP) is 0.684. The van der Waals surface area contributed by atoms with E-state index in [1.165, 1.54) is 0 Å². The Balaban J connectivity index is 2.76. The summed E-state index contributed by atoms with van der Waals surface area (Å²) in [6.07, 6.45) is 3.41. The summed E-state index contributed by atoms with van der Waals surface area (Å²) in [5.41, 5.74) is 0. The van der Waals surface area contributed by atoms with Crippen molar-refractivity contribution in [1.82, 2.24) is 9.97 Å². The summed E-state index contributed by atoms with van der Waals surface area (Å²) < 4.78 is 0. The van der Waals surface area contributed by atoms with Crippen molar-refractivity contribution in [1.29, 1.82) is 0 Å². The third-order valence-corrected chi connectivity index (χ3v) is 1.77. The number of hydrogen-bond acceptors (Lipinski definition) is 4. The number of rotatable bonds is 4. The second-order valence-corrected chi connectivity index (χ2v) is 3.06.